The van der Waals surface area contributed by atoms with Gasteiger partial charge in [-0.05, 0) is 29.7 Å². The zero-order chi connectivity index (χ0) is 11.4. The Morgan fingerprint density at radius 1 is 1.38 bits per heavy atom. The van der Waals surface area contributed by atoms with Gasteiger partial charge in [0.1, 0.15) is 10.9 Å². The Labute approximate surface area is 96.3 Å². The van der Waals surface area contributed by atoms with Gasteiger partial charge in [0.2, 0.25) is 0 Å². The van der Waals surface area contributed by atoms with Crippen LogP contribution in [-0.4, -0.2) is 10.3 Å². The summed E-state index contributed by atoms with van der Waals surface area (Å²) in [7, 11) is 0. The molecule has 1 aromatic carbocycles. The van der Waals surface area contributed by atoms with Crippen LogP contribution in [0.1, 0.15) is 15.2 Å². The number of carbonyl (C=O) groups excluding carboxylic acids is 1. The van der Waals surface area contributed by atoms with Gasteiger partial charge in [0.15, 0.2) is 0 Å². The average molecular weight is 229 g/mol. The van der Waals surface area contributed by atoms with Gasteiger partial charge in [0.05, 0.1) is 11.3 Å². The van der Waals surface area contributed by atoms with Crippen LogP contribution in [0.5, 0.6) is 0 Å². The summed E-state index contributed by atoms with van der Waals surface area (Å²) in [5, 5.41) is 11.5. The molecule has 1 aromatic heterocycles. The first-order valence-corrected chi connectivity index (χ1v) is 5.30. The first kappa shape index (κ1) is 10.3. The Morgan fingerprint density at radius 3 is 2.88 bits per heavy atom. The van der Waals surface area contributed by atoms with E-state index < -0.39 is 0 Å². The molecule has 0 fully saturated rings. The van der Waals surface area contributed by atoms with E-state index in [1.807, 2.05) is 6.07 Å². The molecule has 0 spiro atoms. The monoisotopic (exact) mass is 229 g/mol. The van der Waals surface area contributed by atoms with Crippen LogP contribution < -0.4 is 5.32 Å². The second kappa shape index (κ2) is 4.55. The fourth-order valence-electron chi connectivity index (χ4n) is 1.21. The van der Waals surface area contributed by atoms with E-state index >= 15 is 0 Å². The molecule has 1 heterocycles. The molecule has 2 aromatic rings. The molecule has 0 saturated carbocycles. The van der Waals surface area contributed by atoms with Gasteiger partial charge in [-0.3, -0.25) is 4.79 Å². The summed E-state index contributed by atoms with van der Waals surface area (Å²) in [6.07, 6.45) is 1.57. The molecular weight excluding hydrogens is 222 g/mol. The first-order chi connectivity index (χ1) is 7.81. The smallest absolute Gasteiger partial charge is 0.267 e. The third-order valence-corrected chi connectivity index (χ3v) is 2.70. The number of rotatable bonds is 2. The average Bonchev–Trinajstić information content (AvgIpc) is 2.83. The van der Waals surface area contributed by atoms with E-state index in [9.17, 15) is 4.79 Å². The van der Waals surface area contributed by atoms with Crippen LogP contribution in [0.15, 0.2) is 36.5 Å². The minimum absolute atomic E-state index is 0.245. The van der Waals surface area contributed by atoms with Gasteiger partial charge in [0, 0.05) is 6.20 Å². The molecule has 78 valence electrons. The van der Waals surface area contributed by atoms with Crippen molar-refractivity contribution in [3.05, 3.63) is 47.0 Å². The largest absolute Gasteiger partial charge is 0.320 e. The summed E-state index contributed by atoms with van der Waals surface area (Å²) in [5.41, 5.74) is 0.962. The number of amides is 1. The van der Waals surface area contributed by atoms with Crippen LogP contribution in [0, 0.1) is 11.3 Å². The van der Waals surface area contributed by atoms with Crippen molar-refractivity contribution in [2.75, 3.05) is 5.32 Å². The zero-order valence-electron chi connectivity index (χ0n) is 8.18. The van der Waals surface area contributed by atoms with Gasteiger partial charge in [-0.15, -0.1) is 0 Å². The van der Waals surface area contributed by atoms with Crippen molar-refractivity contribution < 1.29 is 4.79 Å². The topological polar surface area (TPSA) is 65.8 Å². The first-order valence-electron chi connectivity index (χ1n) is 4.52. The van der Waals surface area contributed by atoms with E-state index in [4.69, 9.17) is 5.26 Å². The molecule has 2 rings (SSSR count). The third kappa shape index (κ3) is 2.07. The van der Waals surface area contributed by atoms with Crippen LogP contribution >= 0.6 is 11.5 Å². The van der Waals surface area contributed by atoms with E-state index in [1.165, 1.54) is 0 Å². The Balaban J connectivity index is 2.22. The molecule has 1 N–H and O–H groups in total. The summed E-state index contributed by atoms with van der Waals surface area (Å²) in [4.78, 5) is 12.2. The van der Waals surface area contributed by atoms with Crippen molar-refractivity contribution >= 4 is 23.1 Å². The van der Waals surface area contributed by atoms with Crippen LogP contribution in [0.25, 0.3) is 0 Å². The van der Waals surface area contributed by atoms with Crippen LogP contribution in [0.3, 0.4) is 0 Å². The predicted molar refractivity (Wildman–Crippen MR) is 61.2 cm³/mol. The van der Waals surface area contributed by atoms with Crippen molar-refractivity contribution in [2.24, 2.45) is 0 Å². The number of nitrogens with one attached hydrogen (secondary N) is 1. The van der Waals surface area contributed by atoms with Gasteiger partial charge in [-0.2, -0.15) is 5.26 Å². The molecule has 4 nitrogen and oxygen atoms in total. The number of anilines is 1. The Morgan fingerprint density at radius 2 is 2.19 bits per heavy atom. The minimum Gasteiger partial charge on any atom is -0.320 e. The van der Waals surface area contributed by atoms with E-state index in [0.717, 1.165) is 11.5 Å². The second-order valence-corrected chi connectivity index (χ2v) is 3.82. The molecule has 0 aliphatic heterocycles. The van der Waals surface area contributed by atoms with Crippen LogP contribution in [0.4, 0.5) is 5.69 Å². The molecule has 0 radical (unpaired) electrons. The van der Waals surface area contributed by atoms with Gasteiger partial charge in [-0.25, -0.2) is 4.37 Å². The lowest BCUT2D eigenvalue weighted by Crippen LogP contribution is -2.11. The molecule has 0 saturated heterocycles. The Hall–Kier alpha value is -2.19. The lowest BCUT2D eigenvalue weighted by molar-refractivity contribution is 0.103. The van der Waals surface area contributed by atoms with Crippen molar-refractivity contribution in [1.82, 2.24) is 4.37 Å². The summed E-state index contributed by atoms with van der Waals surface area (Å²) in [6, 6.07) is 10.5. The fourth-order valence-corrected chi connectivity index (χ4v) is 1.70. The molecule has 0 aliphatic carbocycles. The number of hydrogen-bond donors (Lipinski definition) is 1. The summed E-state index contributed by atoms with van der Waals surface area (Å²) in [5.74, 6) is -0.245. The zero-order valence-corrected chi connectivity index (χ0v) is 8.99. The van der Waals surface area contributed by atoms with Crippen molar-refractivity contribution in [3.8, 4) is 6.07 Å². The molecule has 1 amide bonds. The summed E-state index contributed by atoms with van der Waals surface area (Å²) >= 11 is 1.12. The summed E-state index contributed by atoms with van der Waals surface area (Å²) < 4.78 is 3.84. The highest BCUT2D eigenvalue weighted by Crippen LogP contribution is 2.15. The van der Waals surface area contributed by atoms with Gasteiger partial charge < -0.3 is 5.32 Å². The number of para-hydroxylation sites is 1. The lowest BCUT2D eigenvalue weighted by Gasteiger charge is -2.04. The summed E-state index contributed by atoms with van der Waals surface area (Å²) in [6.45, 7) is 0. The number of aromatic nitrogens is 1. The number of benzene rings is 1. The normalized spacial score (nSPS) is 9.44. The highest BCUT2D eigenvalue weighted by molar-refractivity contribution is 7.08. The van der Waals surface area contributed by atoms with Crippen LogP contribution in [0.2, 0.25) is 0 Å². The number of hydrogen-bond acceptors (Lipinski definition) is 4. The van der Waals surface area contributed by atoms with Gasteiger partial charge in [0.25, 0.3) is 5.91 Å². The highest BCUT2D eigenvalue weighted by atomic mass is 32.1. The fraction of sp³-hybridized carbons (Fsp3) is 0. The molecule has 0 bridgehead atoms. The molecule has 0 unspecified atom stereocenters. The van der Waals surface area contributed by atoms with E-state index in [2.05, 4.69) is 9.69 Å². The Bertz CT molecular complexity index is 543. The van der Waals surface area contributed by atoms with E-state index in [0.29, 0.717) is 16.1 Å². The van der Waals surface area contributed by atoms with Crippen molar-refractivity contribution in [2.45, 2.75) is 0 Å². The quantitative estimate of drug-likeness (QED) is 0.859. The lowest BCUT2D eigenvalue weighted by atomic mass is 10.2. The molecule has 16 heavy (non-hydrogen) atoms. The molecule has 0 aliphatic rings. The highest BCUT2D eigenvalue weighted by Gasteiger charge is 2.09. The maximum atomic E-state index is 11.7. The number of nitrogens with zero attached hydrogens (tertiary/aromatic N) is 2. The van der Waals surface area contributed by atoms with Crippen LogP contribution in [-0.2, 0) is 0 Å². The van der Waals surface area contributed by atoms with Crippen molar-refractivity contribution in [3.63, 3.8) is 0 Å². The van der Waals surface area contributed by atoms with Gasteiger partial charge in [-0.1, -0.05) is 12.1 Å². The predicted octanol–water partition coefficient (Wildman–Crippen LogP) is 2.27. The maximum absolute atomic E-state index is 11.7. The standard InChI is InChI=1S/C11H7N3OS/c12-7-8-3-1-2-4-9(8)14-11(15)10-5-6-13-16-10/h1-6H,(H,14,15). The van der Waals surface area contributed by atoms with E-state index in [1.54, 1.807) is 36.5 Å². The third-order valence-electron chi connectivity index (χ3n) is 1.96. The number of nitriles is 1. The number of carbonyl (C=O) groups is 1. The minimum atomic E-state index is -0.245. The molecule has 5 heteroatoms. The maximum Gasteiger partial charge on any atom is 0.267 e. The molecular formula is C11H7N3OS. The SMILES string of the molecule is N#Cc1ccccc1NC(=O)c1ccns1. The molecule has 0 atom stereocenters. The van der Waals surface area contributed by atoms with E-state index in [-0.39, 0.29) is 5.91 Å². The second-order valence-electron chi connectivity index (χ2n) is 2.99. The Kier molecular flexibility index (Phi) is 2.94. The van der Waals surface area contributed by atoms with Crippen molar-refractivity contribution in [1.29, 1.82) is 5.26 Å². The van der Waals surface area contributed by atoms with Gasteiger partial charge >= 0.3 is 0 Å².